The number of benzene rings is 3. The number of hydrogen-bond donors (Lipinski definition) is 1. The van der Waals surface area contributed by atoms with Gasteiger partial charge in [0.05, 0.1) is 23.2 Å². The minimum absolute atomic E-state index is 0.00776. The number of pyridine rings is 1. The Bertz CT molecular complexity index is 1710. The lowest BCUT2D eigenvalue weighted by Crippen LogP contribution is -2.18. The molecule has 0 bridgehead atoms. The van der Waals surface area contributed by atoms with Crippen LogP contribution in [0.3, 0.4) is 0 Å². The molecule has 2 aromatic heterocycles. The predicted octanol–water partition coefficient (Wildman–Crippen LogP) is 4.59. The highest BCUT2D eigenvalue weighted by Crippen LogP contribution is 2.31. The van der Waals surface area contributed by atoms with Crippen molar-refractivity contribution in [1.82, 2.24) is 9.72 Å². The zero-order chi connectivity index (χ0) is 24.6. The first-order chi connectivity index (χ1) is 16.9. The minimum Gasteiger partial charge on any atom is -0.495 e. The fraction of sp³-hybridized carbons (Fsp3) is 0.0400. The Labute approximate surface area is 199 Å². The molecular weight excluding hydrogens is 473 g/mol. The van der Waals surface area contributed by atoms with Gasteiger partial charge in [0, 0.05) is 17.5 Å². The van der Waals surface area contributed by atoms with E-state index in [1.165, 1.54) is 54.3 Å². The van der Waals surface area contributed by atoms with Gasteiger partial charge in [0.15, 0.2) is 5.82 Å². The van der Waals surface area contributed by atoms with Crippen LogP contribution in [0.1, 0.15) is 0 Å². The molecule has 3 aromatic carbocycles. The van der Waals surface area contributed by atoms with E-state index in [-0.39, 0.29) is 22.1 Å². The Hall–Kier alpha value is -4.44. The minimum atomic E-state index is -3.93. The first-order valence-corrected chi connectivity index (χ1v) is 11.9. The highest BCUT2D eigenvalue weighted by Gasteiger charge is 2.18. The second-order valence-electron chi connectivity index (χ2n) is 7.61. The fourth-order valence-electron chi connectivity index (χ4n) is 3.81. The van der Waals surface area contributed by atoms with E-state index in [9.17, 15) is 17.6 Å². The lowest BCUT2D eigenvalue weighted by molar-refractivity contribution is 0.413. The van der Waals surface area contributed by atoms with Crippen molar-refractivity contribution in [3.8, 4) is 22.6 Å². The molecule has 1 N–H and O–H groups in total. The van der Waals surface area contributed by atoms with Gasteiger partial charge in [0.2, 0.25) is 0 Å². The number of methoxy groups -OCH3 is 1. The van der Waals surface area contributed by atoms with Gasteiger partial charge in [-0.15, -0.1) is 0 Å². The highest BCUT2D eigenvalue weighted by molar-refractivity contribution is 7.92. The molecule has 0 radical (unpaired) electrons. The molecule has 0 aliphatic heterocycles. The predicted molar refractivity (Wildman–Crippen MR) is 129 cm³/mol. The summed E-state index contributed by atoms with van der Waals surface area (Å²) >= 11 is 0. The molecule has 176 valence electrons. The summed E-state index contributed by atoms with van der Waals surface area (Å²) in [6, 6.07) is 20.0. The van der Waals surface area contributed by atoms with Gasteiger partial charge in [0.25, 0.3) is 15.6 Å². The average Bonchev–Trinajstić information content (AvgIpc) is 3.36. The van der Waals surface area contributed by atoms with Crippen molar-refractivity contribution in [2.24, 2.45) is 0 Å². The van der Waals surface area contributed by atoms with Crippen molar-refractivity contribution in [3.63, 3.8) is 0 Å². The van der Waals surface area contributed by atoms with Crippen molar-refractivity contribution in [1.29, 1.82) is 0 Å². The van der Waals surface area contributed by atoms with Gasteiger partial charge in [-0.05, 0) is 59.7 Å². The summed E-state index contributed by atoms with van der Waals surface area (Å²) in [7, 11) is -2.45. The molecule has 5 rings (SSSR count). The topological polar surface area (TPSA) is 103 Å². The van der Waals surface area contributed by atoms with Gasteiger partial charge in [-0.1, -0.05) is 23.4 Å². The van der Waals surface area contributed by atoms with Gasteiger partial charge in [-0.3, -0.25) is 14.1 Å². The second-order valence-corrected chi connectivity index (χ2v) is 9.30. The van der Waals surface area contributed by atoms with Crippen molar-refractivity contribution in [2.45, 2.75) is 4.90 Å². The molecule has 10 heteroatoms. The number of rotatable bonds is 6. The van der Waals surface area contributed by atoms with Crippen LogP contribution in [0, 0.1) is 5.82 Å². The number of nitrogens with one attached hydrogen (secondary N) is 1. The van der Waals surface area contributed by atoms with Crippen LogP contribution in [0.5, 0.6) is 5.75 Å². The molecule has 0 aliphatic carbocycles. The third kappa shape index (κ3) is 4.26. The molecule has 0 aliphatic rings. The average molecular weight is 492 g/mol. The molecule has 35 heavy (non-hydrogen) atoms. The molecule has 0 unspecified atom stereocenters. The largest absolute Gasteiger partial charge is 0.495 e. The Balaban J connectivity index is 1.61. The lowest BCUT2D eigenvalue weighted by atomic mass is 10.0. The zero-order valence-corrected chi connectivity index (χ0v) is 19.1. The van der Waals surface area contributed by atoms with Crippen LogP contribution in [0.25, 0.3) is 27.7 Å². The van der Waals surface area contributed by atoms with Crippen LogP contribution < -0.4 is 15.0 Å². The number of fused-ring (bicyclic) bond motifs is 1. The number of sulfonamides is 1. The molecule has 0 fully saturated rings. The summed E-state index contributed by atoms with van der Waals surface area (Å²) in [5, 5.41) is 4.08. The van der Waals surface area contributed by atoms with Crippen molar-refractivity contribution in [2.75, 3.05) is 11.8 Å². The van der Waals surface area contributed by atoms with E-state index in [4.69, 9.17) is 4.74 Å². The van der Waals surface area contributed by atoms with Crippen LogP contribution in [0.2, 0.25) is 0 Å². The van der Waals surface area contributed by atoms with E-state index in [1.54, 1.807) is 42.5 Å². The van der Waals surface area contributed by atoms with Gasteiger partial charge in [0.1, 0.15) is 17.8 Å². The molecular formula is C25H18FN3O5S. The third-order valence-electron chi connectivity index (χ3n) is 5.43. The molecule has 0 saturated carbocycles. The number of hydrogen-bond acceptors (Lipinski definition) is 6. The second kappa shape index (κ2) is 8.73. The van der Waals surface area contributed by atoms with E-state index < -0.39 is 10.0 Å². The van der Waals surface area contributed by atoms with Gasteiger partial charge < -0.3 is 9.26 Å². The first kappa shape index (κ1) is 22.4. The number of halogens is 1. The van der Waals surface area contributed by atoms with Crippen LogP contribution in [-0.4, -0.2) is 25.3 Å². The normalized spacial score (nSPS) is 11.5. The number of nitrogens with zero attached hydrogens (tertiary/aromatic N) is 2. The summed E-state index contributed by atoms with van der Waals surface area (Å²) in [6.45, 7) is 0. The molecule has 0 saturated heterocycles. The fourth-order valence-corrected chi connectivity index (χ4v) is 4.84. The highest BCUT2D eigenvalue weighted by atomic mass is 32.2. The summed E-state index contributed by atoms with van der Waals surface area (Å²) in [5.41, 5.74) is 1.99. The Morgan fingerprint density at radius 1 is 0.971 bits per heavy atom. The molecule has 0 amide bonds. The molecule has 5 aromatic rings. The Kier molecular flexibility index (Phi) is 5.58. The SMILES string of the molecule is COc1cc(-c2cccc(F)c2)ccc1-n1c(=O)ccc2cc(S(=O)(=O)Nc3ccon3)ccc21. The quantitative estimate of drug-likeness (QED) is 0.373. The first-order valence-electron chi connectivity index (χ1n) is 10.4. The Morgan fingerprint density at radius 2 is 1.80 bits per heavy atom. The van der Waals surface area contributed by atoms with Crippen molar-refractivity contribution >= 4 is 26.7 Å². The van der Waals surface area contributed by atoms with Crippen LogP contribution >= 0.6 is 0 Å². The smallest absolute Gasteiger partial charge is 0.263 e. The Morgan fingerprint density at radius 3 is 2.54 bits per heavy atom. The van der Waals surface area contributed by atoms with Crippen LogP contribution in [-0.2, 0) is 10.0 Å². The molecule has 2 heterocycles. The van der Waals surface area contributed by atoms with Gasteiger partial charge in [-0.25, -0.2) is 12.8 Å². The van der Waals surface area contributed by atoms with Crippen LogP contribution in [0.15, 0.2) is 99.3 Å². The number of aromatic nitrogens is 2. The maximum absolute atomic E-state index is 13.7. The van der Waals surface area contributed by atoms with Crippen molar-refractivity contribution in [3.05, 3.63) is 101 Å². The lowest BCUT2D eigenvalue weighted by Gasteiger charge is -2.16. The van der Waals surface area contributed by atoms with E-state index in [1.807, 2.05) is 0 Å². The summed E-state index contributed by atoms with van der Waals surface area (Å²) in [4.78, 5) is 12.9. The maximum atomic E-state index is 13.7. The molecule has 0 spiro atoms. The monoisotopic (exact) mass is 491 g/mol. The summed E-state index contributed by atoms with van der Waals surface area (Å²) in [5.74, 6) is 0.0866. The summed E-state index contributed by atoms with van der Waals surface area (Å²) < 4.78 is 53.2. The van der Waals surface area contributed by atoms with E-state index >= 15 is 0 Å². The number of anilines is 1. The third-order valence-corrected chi connectivity index (χ3v) is 6.78. The number of ether oxygens (including phenoxy) is 1. The van der Waals surface area contributed by atoms with Crippen molar-refractivity contribution < 1.29 is 22.1 Å². The standard InChI is InChI=1S/C25H18FN3O5S/c1-33-23-15-17(16-3-2-4-19(26)13-16)5-8-22(23)29-21-9-7-20(14-18(21)6-10-25(29)30)35(31,32)28-24-11-12-34-27-24/h2-15H,1H3,(H,27,28). The molecule has 8 nitrogen and oxygen atoms in total. The zero-order valence-electron chi connectivity index (χ0n) is 18.3. The van der Waals surface area contributed by atoms with Gasteiger partial charge >= 0.3 is 0 Å². The van der Waals surface area contributed by atoms with Gasteiger partial charge in [-0.2, -0.15) is 0 Å². The van der Waals surface area contributed by atoms with E-state index in [2.05, 4.69) is 14.4 Å². The van der Waals surface area contributed by atoms with E-state index in [0.717, 1.165) is 0 Å². The van der Waals surface area contributed by atoms with E-state index in [0.29, 0.717) is 33.5 Å². The van der Waals surface area contributed by atoms with Crippen LogP contribution in [0.4, 0.5) is 10.2 Å². The summed E-state index contributed by atoms with van der Waals surface area (Å²) in [6.07, 6.45) is 1.25. The maximum Gasteiger partial charge on any atom is 0.263 e. The molecule has 0 atom stereocenters.